The lowest BCUT2D eigenvalue weighted by molar-refractivity contribution is 0.476. The van der Waals surface area contributed by atoms with Gasteiger partial charge in [-0.05, 0) is 17.7 Å². The fraction of sp³-hybridized carbons (Fsp3) is 0.133. The Bertz CT molecular complexity index is 686. The molecule has 0 saturated heterocycles. The molecule has 0 aliphatic rings. The SMILES string of the molecule is Cn1c(Cc2ccccc2)nc2ccc(O)cc21. The van der Waals surface area contributed by atoms with Crippen molar-refractivity contribution in [3.8, 4) is 5.75 Å². The Morgan fingerprint density at radius 1 is 1.11 bits per heavy atom. The van der Waals surface area contributed by atoms with Gasteiger partial charge in [0.05, 0.1) is 11.0 Å². The molecule has 1 aromatic heterocycles. The van der Waals surface area contributed by atoms with Crippen LogP contribution in [0.5, 0.6) is 5.75 Å². The molecular formula is C15H14N2O. The molecule has 0 aliphatic carbocycles. The van der Waals surface area contributed by atoms with E-state index in [2.05, 4.69) is 17.1 Å². The van der Waals surface area contributed by atoms with Gasteiger partial charge in [-0.25, -0.2) is 4.98 Å². The minimum absolute atomic E-state index is 0.275. The Morgan fingerprint density at radius 3 is 2.67 bits per heavy atom. The van der Waals surface area contributed by atoms with Crippen molar-refractivity contribution in [3.05, 3.63) is 59.9 Å². The fourth-order valence-electron chi connectivity index (χ4n) is 2.16. The number of phenols is 1. The van der Waals surface area contributed by atoms with Crippen LogP contribution in [-0.2, 0) is 13.5 Å². The first-order chi connectivity index (χ1) is 8.74. The lowest BCUT2D eigenvalue weighted by Gasteiger charge is -2.02. The van der Waals surface area contributed by atoms with Gasteiger partial charge in [0.15, 0.2) is 0 Å². The van der Waals surface area contributed by atoms with Crippen LogP contribution in [0.4, 0.5) is 0 Å². The van der Waals surface area contributed by atoms with E-state index >= 15 is 0 Å². The minimum Gasteiger partial charge on any atom is -0.508 e. The number of imidazole rings is 1. The summed E-state index contributed by atoms with van der Waals surface area (Å²) < 4.78 is 2.03. The smallest absolute Gasteiger partial charge is 0.117 e. The largest absolute Gasteiger partial charge is 0.508 e. The number of rotatable bonds is 2. The standard InChI is InChI=1S/C15H14N2O/c1-17-14-10-12(18)7-8-13(14)16-15(17)9-11-5-3-2-4-6-11/h2-8,10,18H,9H2,1H3. The summed E-state index contributed by atoms with van der Waals surface area (Å²) in [5.74, 6) is 1.28. The van der Waals surface area contributed by atoms with E-state index in [0.717, 1.165) is 23.3 Å². The first kappa shape index (κ1) is 10.8. The average molecular weight is 238 g/mol. The lowest BCUT2D eigenvalue weighted by Crippen LogP contribution is -1.98. The van der Waals surface area contributed by atoms with Crippen LogP contribution in [0.25, 0.3) is 11.0 Å². The quantitative estimate of drug-likeness (QED) is 0.745. The molecule has 3 aromatic rings. The number of phenolic OH excluding ortho intramolecular Hbond substituents is 1. The summed E-state index contributed by atoms with van der Waals surface area (Å²) in [4.78, 5) is 4.60. The molecule has 3 rings (SSSR count). The number of benzene rings is 2. The van der Waals surface area contributed by atoms with Gasteiger partial charge in [-0.3, -0.25) is 0 Å². The second kappa shape index (κ2) is 4.18. The normalized spacial score (nSPS) is 10.9. The van der Waals surface area contributed by atoms with Gasteiger partial charge in [0.1, 0.15) is 11.6 Å². The molecule has 0 aliphatic heterocycles. The highest BCUT2D eigenvalue weighted by molar-refractivity contribution is 5.77. The van der Waals surface area contributed by atoms with Crippen molar-refractivity contribution < 1.29 is 5.11 Å². The van der Waals surface area contributed by atoms with Crippen LogP contribution >= 0.6 is 0 Å². The third-order valence-corrected chi connectivity index (χ3v) is 3.16. The maximum atomic E-state index is 9.51. The van der Waals surface area contributed by atoms with Gasteiger partial charge in [-0.2, -0.15) is 0 Å². The molecule has 90 valence electrons. The highest BCUT2D eigenvalue weighted by atomic mass is 16.3. The highest BCUT2D eigenvalue weighted by Crippen LogP contribution is 2.21. The van der Waals surface area contributed by atoms with E-state index in [1.165, 1.54) is 5.56 Å². The molecule has 1 N–H and O–H groups in total. The minimum atomic E-state index is 0.275. The Labute approximate surface area is 105 Å². The number of fused-ring (bicyclic) bond motifs is 1. The Hall–Kier alpha value is -2.29. The van der Waals surface area contributed by atoms with E-state index in [1.54, 1.807) is 12.1 Å². The van der Waals surface area contributed by atoms with Crippen molar-refractivity contribution in [1.29, 1.82) is 0 Å². The summed E-state index contributed by atoms with van der Waals surface area (Å²) >= 11 is 0. The van der Waals surface area contributed by atoms with Gasteiger partial charge in [0, 0.05) is 19.5 Å². The number of aromatic nitrogens is 2. The van der Waals surface area contributed by atoms with Gasteiger partial charge in [-0.1, -0.05) is 30.3 Å². The van der Waals surface area contributed by atoms with Crippen molar-refractivity contribution in [2.24, 2.45) is 7.05 Å². The third-order valence-electron chi connectivity index (χ3n) is 3.16. The number of hydrogen-bond donors (Lipinski definition) is 1. The zero-order valence-corrected chi connectivity index (χ0v) is 10.2. The average Bonchev–Trinajstić information content (AvgIpc) is 2.68. The summed E-state index contributed by atoms with van der Waals surface area (Å²) in [5, 5.41) is 9.51. The third kappa shape index (κ3) is 1.84. The van der Waals surface area contributed by atoms with E-state index < -0.39 is 0 Å². The van der Waals surface area contributed by atoms with E-state index in [-0.39, 0.29) is 5.75 Å². The van der Waals surface area contributed by atoms with Crippen molar-refractivity contribution in [2.45, 2.75) is 6.42 Å². The fourth-order valence-corrected chi connectivity index (χ4v) is 2.16. The summed E-state index contributed by atoms with van der Waals surface area (Å²) in [7, 11) is 1.98. The van der Waals surface area contributed by atoms with Gasteiger partial charge >= 0.3 is 0 Å². The molecule has 0 saturated carbocycles. The summed E-state index contributed by atoms with van der Waals surface area (Å²) in [6.07, 6.45) is 0.798. The lowest BCUT2D eigenvalue weighted by atomic mass is 10.1. The predicted octanol–water partition coefficient (Wildman–Crippen LogP) is 2.87. The van der Waals surface area contributed by atoms with Crippen molar-refractivity contribution in [2.75, 3.05) is 0 Å². The maximum Gasteiger partial charge on any atom is 0.117 e. The van der Waals surface area contributed by atoms with Crippen LogP contribution < -0.4 is 0 Å². The zero-order valence-electron chi connectivity index (χ0n) is 10.2. The van der Waals surface area contributed by atoms with E-state index in [4.69, 9.17) is 0 Å². The maximum absolute atomic E-state index is 9.51. The molecule has 0 radical (unpaired) electrons. The van der Waals surface area contributed by atoms with Gasteiger partial charge < -0.3 is 9.67 Å². The zero-order chi connectivity index (χ0) is 12.5. The van der Waals surface area contributed by atoms with E-state index in [0.29, 0.717) is 0 Å². The molecule has 0 bridgehead atoms. The highest BCUT2D eigenvalue weighted by Gasteiger charge is 2.08. The molecule has 3 nitrogen and oxygen atoms in total. The van der Waals surface area contributed by atoms with Crippen LogP contribution in [0.1, 0.15) is 11.4 Å². The molecule has 0 spiro atoms. The van der Waals surface area contributed by atoms with E-state index in [9.17, 15) is 5.11 Å². The first-order valence-corrected chi connectivity index (χ1v) is 5.92. The van der Waals surface area contributed by atoms with Crippen molar-refractivity contribution in [3.63, 3.8) is 0 Å². The second-order valence-corrected chi connectivity index (χ2v) is 4.42. The number of aryl methyl sites for hydroxylation is 1. The molecule has 0 fully saturated rings. The Morgan fingerprint density at radius 2 is 1.89 bits per heavy atom. The van der Waals surface area contributed by atoms with Gasteiger partial charge in [0.25, 0.3) is 0 Å². The number of aromatic hydroxyl groups is 1. The second-order valence-electron chi connectivity index (χ2n) is 4.42. The molecule has 2 aromatic carbocycles. The van der Waals surface area contributed by atoms with Crippen molar-refractivity contribution in [1.82, 2.24) is 9.55 Å². The van der Waals surface area contributed by atoms with Gasteiger partial charge in [0.2, 0.25) is 0 Å². The summed E-state index contributed by atoms with van der Waals surface area (Å²) in [6.45, 7) is 0. The molecule has 0 atom stereocenters. The van der Waals surface area contributed by atoms with Crippen LogP contribution in [0, 0.1) is 0 Å². The van der Waals surface area contributed by atoms with Gasteiger partial charge in [-0.15, -0.1) is 0 Å². The molecule has 18 heavy (non-hydrogen) atoms. The van der Waals surface area contributed by atoms with Crippen LogP contribution in [-0.4, -0.2) is 14.7 Å². The van der Waals surface area contributed by atoms with E-state index in [1.807, 2.05) is 35.9 Å². The van der Waals surface area contributed by atoms with Crippen LogP contribution in [0.15, 0.2) is 48.5 Å². The molecular weight excluding hydrogens is 224 g/mol. The molecule has 0 unspecified atom stereocenters. The Balaban J connectivity index is 2.05. The summed E-state index contributed by atoms with van der Waals surface area (Å²) in [6, 6.07) is 15.5. The Kier molecular flexibility index (Phi) is 2.52. The molecule has 3 heteroatoms. The molecule has 0 amide bonds. The predicted molar refractivity (Wildman–Crippen MR) is 71.6 cm³/mol. The number of hydrogen-bond acceptors (Lipinski definition) is 2. The topological polar surface area (TPSA) is 38.0 Å². The van der Waals surface area contributed by atoms with Crippen molar-refractivity contribution >= 4 is 11.0 Å². The monoisotopic (exact) mass is 238 g/mol. The summed E-state index contributed by atoms with van der Waals surface area (Å²) in [5.41, 5.74) is 3.11. The van der Waals surface area contributed by atoms with Crippen LogP contribution in [0.3, 0.4) is 0 Å². The molecule has 1 heterocycles. The van der Waals surface area contributed by atoms with Crippen LogP contribution in [0.2, 0.25) is 0 Å². The number of nitrogens with zero attached hydrogens (tertiary/aromatic N) is 2. The first-order valence-electron chi connectivity index (χ1n) is 5.92.